The summed E-state index contributed by atoms with van der Waals surface area (Å²) in [6.45, 7) is 2.14. The molecule has 3 N–H and O–H groups in total. The molecule has 1 aliphatic carbocycles. The number of carbonyl (C=O) groups excluding carboxylic acids is 1. The van der Waals surface area contributed by atoms with Gasteiger partial charge in [0.2, 0.25) is 0 Å². The predicted molar refractivity (Wildman–Crippen MR) is 92.1 cm³/mol. The van der Waals surface area contributed by atoms with E-state index in [4.69, 9.17) is 4.74 Å². The van der Waals surface area contributed by atoms with E-state index in [1.54, 1.807) is 6.92 Å². The van der Waals surface area contributed by atoms with E-state index in [0.717, 1.165) is 12.8 Å². The maximum atomic E-state index is 12.1. The Morgan fingerprint density at radius 3 is 2.48 bits per heavy atom. The van der Waals surface area contributed by atoms with Gasteiger partial charge in [-0.2, -0.15) is 13.2 Å². The van der Waals surface area contributed by atoms with Crippen molar-refractivity contribution in [1.82, 2.24) is 16.0 Å². The summed E-state index contributed by atoms with van der Waals surface area (Å²) in [5.41, 5.74) is 0. The number of ether oxygens (including phenoxy) is 1. The van der Waals surface area contributed by atoms with Gasteiger partial charge in [-0.05, 0) is 25.7 Å². The smallest absolute Gasteiger partial charge is 0.407 e. The summed E-state index contributed by atoms with van der Waals surface area (Å²) in [6, 6.07) is -0.125. The second kappa shape index (κ2) is 10.8. The average Bonchev–Trinajstić information content (AvgIpc) is 3.24. The molecule has 1 saturated carbocycles. The third-order valence-electron chi connectivity index (χ3n) is 3.18. The highest BCUT2D eigenvalue weighted by Gasteiger charge is 2.32. The van der Waals surface area contributed by atoms with Crippen LogP contribution in [0.5, 0.6) is 0 Å². The van der Waals surface area contributed by atoms with E-state index in [2.05, 4.69) is 20.9 Å². The van der Waals surface area contributed by atoms with Crippen molar-refractivity contribution in [2.45, 2.75) is 38.4 Å². The molecule has 136 valence electrons. The number of nitrogens with zero attached hydrogens (tertiary/aromatic N) is 1. The van der Waals surface area contributed by atoms with Crippen molar-refractivity contribution in [3.8, 4) is 0 Å². The van der Waals surface area contributed by atoms with E-state index >= 15 is 0 Å². The summed E-state index contributed by atoms with van der Waals surface area (Å²) in [7, 11) is 1.48. The summed E-state index contributed by atoms with van der Waals surface area (Å²) in [5.74, 6) is 0.644. The molecule has 0 aromatic heterocycles. The molecule has 0 aromatic carbocycles. The van der Waals surface area contributed by atoms with Gasteiger partial charge in [-0.25, -0.2) is 4.79 Å². The first-order chi connectivity index (χ1) is 10.4. The zero-order chi connectivity index (χ0) is 16.6. The lowest BCUT2D eigenvalue weighted by atomic mass is 10.2. The first-order valence-corrected chi connectivity index (χ1v) is 7.30. The third-order valence-corrected chi connectivity index (χ3v) is 3.18. The van der Waals surface area contributed by atoms with Gasteiger partial charge < -0.3 is 20.7 Å². The van der Waals surface area contributed by atoms with Crippen molar-refractivity contribution in [3.63, 3.8) is 0 Å². The van der Waals surface area contributed by atoms with Crippen molar-refractivity contribution in [2.24, 2.45) is 10.9 Å². The standard InChI is InChI=1S/C13H23F3N4O2.HI/c1-3-22-12(21)20-10(9-4-5-9)8-19-11(17-2)18-7-6-13(14,15)16;/h9-10H,3-8H2,1-2H3,(H,20,21)(H2,17,18,19);1H. The van der Waals surface area contributed by atoms with Crippen molar-refractivity contribution in [3.05, 3.63) is 0 Å². The Hall–Kier alpha value is -0.940. The maximum Gasteiger partial charge on any atom is 0.407 e. The molecule has 0 aromatic rings. The molecule has 1 unspecified atom stereocenters. The summed E-state index contributed by atoms with van der Waals surface area (Å²) < 4.78 is 41.1. The van der Waals surface area contributed by atoms with Gasteiger partial charge in [-0.3, -0.25) is 4.99 Å². The monoisotopic (exact) mass is 452 g/mol. The van der Waals surface area contributed by atoms with Crippen LogP contribution in [-0.2, 0) is 4.74 Å². The van der Waals surface area contributed by atoms with E-state index in [0.29, 0.717) is 12.5 Å². The highest BCUT2D eigenvalue weighted by molar-refractivity contribution is 14.0. The van der Waals surface area contributed by atoms with Gasteiger partial charge in [-0.1, -0.05) is 0 Å². The molecule has 0 saturated heterocycles. The molecular formula is C13H24F3IN4O2. The first-order valence-electron chi connectivity index (χ1n) is 7.30. The van der Waals surface area contributed by atoms with Crippen molar-refractivity contribution in [1.29, 1.82) is 0 Å². The molecule has 10 heteroatoms. The van der Waals surface area contributed by atoms with Gasteiger partial charge >= 0.3 is 12.3 Å². The van der Waals surface area contributed by atoms with Crippen LogP contribution in [0.3, 0.4) is 0 Å². The van der Waals surface area contributed by atoms with Gasteiger partial charge in [0.15, 0.2) is 5.96 Å². The highest BCUT2D eigenvalue weighted by atomic mass is 127. The Morgan fingerprint density at radius 2 is 2.00 bits per heavy atom. The topological polar surface area (TPSA) is 74.8 Å². The quantitative estimate of drug-likeness (QED) is 0.315. The van der Waals surface area contributed by atoms with Crippen LogP contribution >= 0.6 is 24.0 Å². The molecule has 1 rings (SSSR count). The number of rotatable bonds is 7. The average molecular weight is 452 g/mol. The normalized spacial score (nSPS) is 16.1. The fourth-order valence-corrected chi connectivity index (χ4v) is 1.91. The maximum absolute atomic E-state index is 12.1. The molecule has 1 aliphatic rings. The van der Waals surface area contributed by atoms with Crippen LogP contribution < -0.4 is 16.0 Å². The molecular weight excluding hydrogens is 428 g/mol. The van der Waals surface area contributed by atoms with Crippen LogP contribution in [-0.4, -0.2) is 51.0 Å². The Morgan fingerprint density at radius 1 is 1.35 bits per heavy atom. The van der Waals surface area contributed by atoms with E-state index < -0.39 is 18.7 Å². The van der Waals surface area contributed by atoms with Gasteiger partial charge in [0, 0.05) is 20.1 Å². The third kappa shape index (κ3) is 10.4. The second-order valence-corrected chi connectivity index (χ2v) is 5.05. The predicted octanol–water partition coefficient (Wildman–Crippen LogP) is 2.25. The lowest BCUT2D eigenvalue weighted by Gasteiger charge is -2.20. The number of aliphatic imine (C=N–C) groups is 1. The minimum absolute atomic E-state index is 0. The Bertz CT molecular complexity index is 390. The minimum atomic E-state index is -4.20. The second-order valence-electron chi connectivity index (χ2n) is 5.05. The number of alkyl halides is 3. The van der Waals surface area contributed by atoms with E-state index in [-0.39, 0.29) is 49.1 Å². The number of nitrogens with one attached hydrogen (secondary N) is 3. The molecule has 0 spiro atoms. The highest BCUT2D eigenvalue weighted by Crippen LogP contribution is 2.32. The van der Waals surface area contributed by atoms with Crippen molar-refractivity contribution < 1.29 is 22.7 Å². The van der Waals surface area contributed by atoms with Crippen LogP contribution in [0.4, 0.5) is 18.0 Å². The Kier molecular flexibility index (Phi) is 10.3. The van der Waals surface area contributed by atoms with E-state index in [1.165, 1.54) is 7.05 Å². The number of carbonyl (C=O) groups is 1. The summed E-state index contributed by atoms with van der Waals surface area (Å²) in [4.78, 5) is 15.3. The SMILES string of the molecule is CCOC(=O)NC(CNC(=NC)NCCC(F)(F)F)C1CC1.I. The zero-order valence-corrected chi connectivity index (χ0v) is 15.5. The summed E-state index contributed by atoms with van der Waals surface area (Å²) >= 11 is 0. The number of hydrogen-bond donors (Lipinski definition) is 3. The van der Waals surface area contributed by atoms with Gasteiger partial charge in [0.05, 0.1) is 19.1 Å². The first kappa shape index (κ1) is 22.1. The number of hydrogen-bond acceptors (Lipinski definition) is 3. The van der Waals surface area contributed by atoms with Crippen LogP contribution in [0, 0.1) is 5.92 Å². The summed E-state index contributed by atoms with van der Waals surface area (Å²) in [6.07, 6.45) is -3.59. The minimum Gasteiger partial charge on any atom is -0.450 e. The largest absolute Gasteiger partial charge is 0.450 e. The molecule has 1 amide bonds. The van der Waals surface area contributed by atoms with Crippen LogP contribution in [0.25, 0.3) is 0 Å². The van der Waals surface area contributed by atoms with Crippen LogP contribution in [0.1, 0.15) is 26.2 Å². The van der Waals surface area contributed by atoms with Crippen LogP contribution in [0.2, 0.25) is 0 Å². The number of guanidine groups is 1. The molecule has 0 bridgehead atoms. The van der Waals surface area contributed by atoms with Gasteiger partial charge in [-0.15, -0.1) is 24.0 Å². The lowest BCUT2D eigenvalue weighted by Crippen LogP contribution is -2.48. The molecule has 23 heavy (non-hydrogen) atoms. The van der Waals surface area contributed by atoms with Crippen molar-refractivity contribution >= 4 is 36.0 Å². The molecule has 0 radical (unpaired) electrons. The van der Waals surface area contributed by atoms with E-state index in [1.807, 2.05) is 0 Å². The van der Waals surface area contributed by atoms with Gasteiger partial charge in [0.25, 0.3) is 0 Å². The number of halogens is 4. The van der Waals surface area contributed by atoms with Crippen molar-refractivity contribution in [2.75, 3.05) is 26.7 Å². The Balaban J connectivity index is 0.00000484. The van der Waals surface area contributed by atoms with Crippen LogP contribution in [0.15, 0.2) is 4.99 Å². The molecule has 0 aliphatic heterocycles. The molecule has 0 heterocycles. The number of amides is 1. The zero-order valence-electron chi connectivity index (χ0n) is 13.2. The van der Waals surface area contributed by atoms with Gasteiger partial charge in [0.1, 0.15) is 0 Å². The number of alkyl carbamates (subject to hydrolysis) is 1. The fraction of sp³-hybridized carbons (Fsp3) is 0.846. The lowest BCUT2D eigenvalue weighted by molar-refractivity contribution is -0.132. The fourth-order valence-electron chi connectivity index (χ4n) is 1.91. The van der Waals surface area contributed by atoms with E-state index in [9.17, 15) is 18.0 Å². The Labute approximate surface area is 151 Å². The molecule has 1 fully saturated rings. The molecule has 6 nitrogen and oxygen atoms in total. The molecule has 1 atom stereocenters. The summed E-state index contributed by atoms with van der Waals surface area (Å²) in [5, 5.41) is 8.27.